The van der Waals surface area contributed by atoms with Crippen LogP contribution < -0.4 is 15.2 Å². The Hall–Kier alpha value is -1.26. The number of benzene rings is 1. The van der Waals surface area contributed by atoms with Crippen molar-refractivity contribution in [2.75, 3.05) is 13.2 Å². The normalized spacial score (nSPS) is 20.5. The Balaban J connectivity index is 1.97. The number of fused-ring (bicyclic) bond motifs is 1. The van der Waals surface area contributed by atoms with Crippen LogP contribution >= 0.6 is 0 Å². The van der Waals surface area contributed by atoms with Gasteiger partial charge in [-0.2, -0.15) is 0 Å². The SMILES string of the molecule is NCCCC(O)C1COc2ccccc2O1. The first-order valence-corrected chi connectivity index (χ1v) is 5.58. The molecule has 0 aromatic heterocycles. The highest BCUT2D eigenvalue weighted by Gasteiger charge is 2.26. The van der Waals surface area contributed by atoms with Crippen molar-refractivity contribution < 1.29 is 14.6 Å². The Labute approximate surface area is 95.0 Å². The molecule has 0 fully saturated rings. The molecule has 3 N–H and O–H groups in total. The molecular formula is C12H17NO3. The van der Waals surface area contributed by atoms with Crippen LogP contribution in [-0.4, -0.2) is 30.5 Å². The molecule has 1 aromatic rings. The number of ether oxygens (including phenoxy) is 2. The lowest BCUT2D eigenvalue weighted by Gasteiger charge is -2.29. The monoisotopic (exact) mass is 223 g/mol. The van der Waals surface area contributed by atoms with Gasteiger partial charge in [0.25, 0.3) is 0 Å². The van der Waals surface area contributed by atoms with Gasteiger partial charge in [-0.3, -0.25) is 0 Å². The van der Waals surface area contributed by atoms with E-state index in [9.17, 15) is 5.11 Å². The van der Waals surface area contributed by atoms with E-state index in [1.165, 1.54) is 0 Å². The Bertz CT molecular complexity index is 343. The molecular weight excluding hydrogens is 206 g/mol. The van der Waals surface area contributed by atoms with Crippen LogP contribution in [0, 0.1) is 0 Å². The maximum atomic E-state index is 9.87. The third kappa shape index (κ3) is 2.46. The highest BCUT2D eigenvalue weighted by Crippen LogP contribution is 2.31. The molecule has 4 heteroatoms. The van der Waals surface area contributed by atoms with E-state index in [0.29, 0.717) is 25.3 Å². The molecule has 0 radical (unpaired) electrons. The maximum Gasteiger partial charge on any atom is 0.161 e. The zero-order valence-corrected chi connectivity index (χ0v) is 9.13. The second kappa shape index (κ2) is 5.18. The van der Waals surface area contributed by atoms with Gasteiger partial charge in [0.15, 0.2) is 17.6 Å². The zero-order valence-electron chi connectivity index (χ0n) is 9.13. The topological polar surface area (TPSA) is 64.7 Å². The van der Waals surface area contributed by atoms with Crippen molar-refractivity contribution in [3.8, 4) is 11.5 Å². The van der Waals surface area contributed by atoms with Crippen LogP contribution in [0.2, 0.25) is 0 Å². The Morgan fingerprint density at radius 1 is 1.38 bits per heavy atom. The van der Waals surface area contributed by atoms with Crippen molar-refractivity contribution in [1.82, 2.24) is 0 Å². The van der Waals surface area contributed by atoms with E-state index in [1.807, 2.05) is 24.3 Å². The van der Waals surface area contributed by atoms with Crippen molar-refractivity contribution in [2.45, 2.75) is 25.0 Å². The minimum atomic E-state index is -0.517. The van der Waals surface area contributed by atoms with Gasteiger partial charge in [-0.15, -0.1) is 0 Å². The van der Waals surface area contributed by atoms with Crippen LogP contribution in [0.4, 0.5) is 0 Å². The van der Waals surface area contributed by atoms with Crippen LogP contribution in [0.1, 0.15) is 12.8 Å². The summed E-state index contributed by atoms with van der Waals surface area (Å²) >= 11 is 0. The lowest BCUT2D eigenvalue weighted by Crippen LogP contribution is -2.39. The first kappa shape index (κ1) is 11.2. The number of nitrogens with two attached hydrogens (primary N) is 1. The van der Waals surface area contributed by atoms with E-state index >= 15 is 0 Å². The number of para-hydroxylation sites is 2. The van der Waals surface area contributed by atoms with Crippen molar-refractivity contribution >= 4 is 0 Å². The number of hydrogen-bond donors (Lipinski definition) is 2. The Morgan fingerprint density at radius 2 is 2.12 bits per heavy atom. The summed E-state index contributed by atoms with van der Waals surface area (Å²) in [6.45, 7) is 0.976. The second-order valence-electron chi connectivity index (χ2n) is 3.91. The molecule has 0 saturated carbocycles. The van der Waals surface area contributed by atoms with Gasteiger partial charge in [0, 0.05) is 0 Å². The van der Waals surface area contributed by atoms with Gasteiger partial charge >= 0.3 is 0 Å². The summed E-state index contributed by atoms with van der Waals surface area (Å²) in [5.41, 5.74) is 5.40. The molecule has 1 aliphatic rings. The fraction of sp³-hybridized carbons (Fsp3) is 0.500. The molecule has 0 spiro atoms. The molecule has 16 heavy (non-hydrogen) atoms. The van der Waals surface area contributed by atoms with Gasteiger partial charge in [0.1, 0.15) is 6.61 Å². The predicted molar refractivity (Wildman–Crippen MR) is 60.6 cm³/mol. The van der Waals surface area contributed by atoms with Gasteiger partial charge < -0.3 is 20.3 Å². The van der Waals surface area contributed by atoms with Crippen molar-refractivity contribution in [1.29, 1.82) is 0 Å². The van der Waals surface area contributed by atoms with Gasteiger partial charge in [-0.05, 0) is 31.5 Å². The molecule has 0 aliphatic carbocycles. The van der Waals surface area contributed by atoms with E-state index in [1.54, 1.807) is 0 Å². The van der Waals surface area contributed by atoms with Crippen molar-refractivity contribution in [2.24, 2.45) is 5.73 Å². The van der Waals surface area contributed by atoms with Crippen LogP contribution in [-0.2, 0) is 0 Å². The molecule has 2 unspecified atom stereocenters. The van der Waals surface area contributed by atoms with E-state index < -0.39 is 6.10 Å². The average molecular weight is 223 g/mol. The van der Waals surface area contributed by atoms with Gasteiger partial charge in [-0.1, -0.05) is 12.1 Å². The molecule has 1 aromatic carbocycles. The molecule has 1 aliphatic heterocycles. The summed E-state index contributed by atoms with van der Waals surface area (Å²) in [6, 6.07) is 7.49. The second-order valence-corrected chi connectivity index (χ2v) is 3.91. The third-order valence-corrected chi connectivity index (χ3v) is 2.66. The minimum Gasteiger partial charge on any atom is -0.486 e. The molecule has 2 atom stereocenters. The largest absolute Gasteiger partial charge is 0.486 e. The summed E-state index contributed by atoms with van der Waals surface area (Å²) in [5.74, 6) is 1.44. The summed E-state index contributed by atoms with van der Waals surface area (Å²) in [6.07, 6.45) is 0.633. The average Bonchev–Trinajstić information content (AvgIpc) is 2.35. The fourth-order valence-electron chi connectivity index (χ4n) is 1.74. The van der Waals surface area contributed by atoms with Gasteiger partial charge in [0.05, 0.1) is 6.10 Å². The van der Waals surface area contributed by atoms with Crippen LogP contribution in [0.15, 0.2) is 24.3 Å². The number of rotatable bonds is 4. The van der Waals surface area contributed by atoms with Crippen molar-refractivity contribution in [3.05, 3.63) is 24.3 Å². The smallest absolute Gasteiger partial charge is 0.161 e. The molecule has 1 heterocycles. The third-order valence-electron chi connectivity index (χ3n) is 2.66. The predicted octanol–water partition coefficient (Wildman–Crippen LogP) is 0.926. The first-order chi connectivity index (χ1) is 7.81. The number of hydrogen-bond acceptors (Lipinski definition) is 4. The summed E-state index contributed by atoms with van der Waals surface area (Å²) in [7, 11) is 0. The summed E-state index contributed by atoms with van der Waals surface area (Å²) < 4.78 is 11.2. The van der Waals surface area contributed by atoms with Gasteiger partial charge in [0.2, 0.25) is 0 Å². The summed E-state index contributed by atoms with van der Waals surface area (Å²) in [4.78, 5) is 0. The van der Waals surface area contributed by atoms with E-state index in [0.717, 1.165) is 12.2 Å². The highest BCUT2D eigenvalue weighted by molar-refractivity contribution is 5.40. The Kier molecular flexibility index (Phi) is 3.64. The first-order valence-electron chi connectivity index (χ1n) is 5.58. The Morgan fingerprint density at radius 3 is 2.88 bits per heavy atom. The quantitative estimate of drug-likeness (QED) is 0.797. The highest BCUT2D eigenvalue weighted by atomic mass is 16.6. The number of aliphatic hydroxyl groups excluding tert-OH is 1. The van der Waals surface area contributed by atoms with Crippen LogP contribution in [0.5, 0.6) is 11.5 Å². The lowest BCUT2D eigenvalue weighted by molar-refractivity contribution is -0.0140. The molecule has 0 bridgehead atoms. The minimum absolute atomic E-state index is 0.290. The molecule has 4 nitrogen and oxygen atoms in total. The maximum absolute atomic E-state index is 9.87. The van der Waals surface area contributed by atoms with E-state index in [4.69, 9.17) is 15.2 Å². The lowest BCUT2D eigenvalue weighted by atomic mass is 10.1. The molecule has 88 valence electrons. The molecule has 0 amide bonds. The summed E-state index contributed by atoms with van der Waals surface area (Å²) in [5, 5.41) is 9.87. The fourth-order valence-corrected chi connectivity index (χ4v) is 1.74. The van der Waals surface area contributed by atoms with Gasteiger partial charge in [-0.25, -0.2) is 0 Å². The van der Waals surface area contributed by atoms with Crippen LogP contribution in [0.25, 0.3) is 0 Å². The van der Waals surface area contributed by atoms with E-state index in [2.05, 4.69) is 0 Å². The van der Waals surface area contributed by atoms with Crippen LogP contribution in [0.3, 0.4) is 0 Å². The molecule has 0 saturated heterocycles. The zero-order chi connectivity index (χ0) is 11.4. The molecule has 2 rings (SSSR count). The standard InChI is InChI=1S/C12H17NO3/c13-7-3-4-9(14)12-8-15-10-5-1-2-6-11(10)16-12/h1-2,5-6,9,12,14H,3-4,7-8,13H2. The van der Waals surface area contributed by atoms with E-state index in [-0.39, 0.29) is 6.10 Å². The number of aliphatic hydroxyl groups is 1. The van der Waals surface area contributed by atoms with Crippen molar-refractivity contribution in [3.63, 3.8) is 0 Å².